The van der Waals surface area contributed by atoms with Crippen molar-refractivity contribution in [1.82, 2.24) is 14.5 Å². The summed E-state index contributed by atoms with van der Waals surface area (Å²) in [6.07, 6.45) is -2.69. The maximum atomic E-state index is 15.0. The minimum absolute atomic E-state index is 0.0361. The molecule has 6 rings (SSSR count). The van der Waals surface area contributed by atoms with Crippen LogP contribution in [0.1, 0.15) is 17.4 Å². The van der Waals surface area contributed by atoms with Crippen LogP contribution in [0.25, 0.3) is 22.3 Å². The Morgan fingerprint density at radius 1 is 1.28 bits per heavy atom. The molecule has 5 atom stereocenters. The zero-order valence-corrected chi connectivity index (χ0v) is 20.6. The van der Waals surface area contributed by atoms with Crippen molar-refractivity contribution >= 4 is 30.2 Å². The molecule has 2 N–H and O–H groups in total. The normalized spacial score (nSPS) is 27.8. The molecule has 0 spiro atoms. The van der Waals surface area contributed by atoms with Crippen molar-refractivity contribution in [3.05, 3.63) is 64.5 Å². The highest BCUT2D eigenvalue weighted by atomic mass is 32.1. The third-order valence-corrected chi connectivity index (χ3v) is 8.24. The number of aryl methyl sites for hydroxylation is 1. The van der Waals surface area contributed by atoms with Gasteiger partial charge in [-0.25, -0.2) is 18.9 Å². The number of aliphatic hydroxyl groups is 2. The van der Waals surface area contributed by atoms with Gasteiger partial charge in [-0.1, -0.05) is 18.2 Å². The van der Waals surface area contributed by atoms with Gasteiger partial charge in [-0.15, -0.1) is 0 Å². The van der Waals surface area contributed by atoms with Crippen molar-refractivity contribution < 1.29 is 37.5 Å². The smallest absolute Gasteiger partial charge is 0.403 e. The lowest BCUT2D eigenvalue weighted by molar-refractivity contribution is -0.0516. The summed E-state index contributed by atoms with van der Waals surface area (Å²) in [5.41, 5.74) is 2.85. The van der Waals surface area contributed by atoms with E-state index in [1.54, 1.807) is 6.07 Å². The number of para-hydroxylation sites is 1. The minimum Gasteiger partial charge on any atom is -0.403 e. The predicted octanol–water partition coefficient (Wildman–Crippen LogP) is 3.96. The maximum Gasteiger partial charge on any atom is 0.530 e. The van der Waals surface area contributed by atoms with Gasteiger partial charge in [0.2, 0.25) is 0 Å². The summed E-state index contributed by atoms with van der Waals surface area (Å²) in [6, 6.07) is 7.26. The van der Waals surface area contributed by atoms with Crippen molar-refractivity contribution in [3.63, 3.8) is 0 Å². The molecule has 3 aromatic heterocycles. The van der Waals surface area contributed by atoms with Crippen LogP contribution in [-0.2, 0) is 25.0 Å². The molecule has 0 saturated carbocycles. The Morgan fingerprint density at radius 3 is 2.94 bits per heavy atom. The van der Waals surface area contributed by atoms with Crippen LogP contribution in [0.4, 0.5) is 4.39 Å². The monoisotopic (exact) mass is 533 g/mol. The Kier molecular flexibility index (Phi) is 5.92. The van der Waals surface area contributed by atoms with Gasteiger partial charge in [-0.05, 0) is 23.9 Å². The van der Waals surface area contributed by atoms with Gasteiger partial charge in [0.15, 0.2) is 12.0 Å². The van der Waals surface area contributed by atoms with E-state index in [4.69, 9.17) is 18.3 Å². The Balaban J connectivity index is 1.23. The van der Waals surface area contributed by atoms with Crippen LogP contribution >= 0.6 is 19.2 Å². The molecule has 10 nitrogen and oxygen atoms in total. The summed E-state index contributed by atoms with van der Waals surface area (Å²) in [7, 11) is -3.99. The predicted molar refractivity (Wildman–Crippen MR) is 127 cm³/mol. The summed E-state index contributed by atoms with van der Waals surface area (Å²) >= 11 is 1.45. The number of nitrogens with zero attached hydrogens (tertiary/aromatic N) is 3. The SMILES string of the molecule is Cc1cccc2c1OP(=O)(OC[C@H]1O[C@@H](n3cc(F)c4c(-c5ccsc5)ncnc43)[C@H](O)[C@@H]1O)OC2. The number of thiophene rings is 1. The number of hydrogen-bond acceptors (Lipinski definition) is 10. The van der Waals surface area contributed by atoms with Crippen molar-refractivity contribution in [3.8, 4) is 17.0 Å². The minimum atomic E-state index is -3.99. The van der Waals surface area contributed by atoms with Crippen LogP contribution in [-0.4, -0.2) is 49.7 Å². The summed E-state index contributed by atoms with van der Waals surface area (Å²) in [6.45, 7) is 1.45. The Morgan fingerprint density at radius 2 is 2.14 bits per heavy atom. The van der Waals surface area contributed by atoms with Crippen LogP contribution < -0.4 is 4.52 Å². The van der Waals surface area contributed by atoms with Gasteiger partial charge >= 0.3 is 7.82 Å². The van der Waals surface area contributed by atoms with Gasteiger partial charge in [-0.3, -0.25) is 9.05 Å². The lowest BCUT2D eigenvalue weighted by atomic mass is 10.1. The molecule has 0 amide bonds. The lowest BCUT2D eigenvalue weighted by Crippen LogP contribution is -2.34. The number of halogens is 1. The number of rotatable bonds is 5. The fourth-order valence-corrected chi connectivity index (χ4v) is 6.35. The van der Waals surface area contributed by atoms with E-state index in [2.05, 4.69) is 9.97 Å². The van der Waals surface area contributed by atoms with Crippen LogP contribution in [0.15, 0.2) is 47.5 Å². The molecule has 5 heterocycles. The second kappa shape index (κ2) is 9.00. The van der Waals surface area contributed by atoms with Gasteiger partial charge in [0.25, 0.3) is 0 Å². The summed E-state index contributed by atoms with van der Waals surface area (Å²) in [5.74, 6) is -0.174. The zero-order chi connectivity index (χ0) is 25.0. The van der Waals surface area contributed by atoms with Crippen LogP contribution in [0.2, 0.25) is 0 Å². The number of phosphoric acid groups is 1. The first-order valence-corrected chi connectivity index (χ1v) is 13.5. The van der Waals surface area contributed by atoms with E-state index in [-0.39, 0.29) is 17.6 Å². The molecule has 1 saturated heterocycles. The highest BCUT2D eigenvalue weighted by Crippen LogP contribution is 2.55. The quantitative estimate of drug-likeness (QED) is 0.367. The largest absolute Gasteiger partial charge is 0.530 e. The number of benzene rings is 1. The highest BCUT2D eigenvalue weighted by molar-refractivity contribution is 7.49. The number of hydrogen-bond donors (Lipinski definition) is 2. The van der Waals surface area contributed by atoms with Gasteiger partial charge in [0.05, 0.1) is 24.3 Å². The first-order valence-electron chi connectivity index (χ1n) is 11.1. The zero-order valence-electron chi connectivity index (χ0n) is 18.9. The third-order valence-electron chi connectivity index (χ3n) is 6.24. The van der Waals surface area contributed by atoms with Crippen molar-refractivity contribution in [1.29, 1.82) is 0 Å². The second-order valence-electron chi connectivity index (χ2n) is 8.53. The van der Waals surface area contributed by atoms with E-state index in [1.165, 1.54) is 22.2 Å². The van der Waals surface area contributed by atoms with E-state index in [1.807, 2.05) is 35.9 Å². The molecule has 1 unspecified atom stereocenters. The maximum absolute atomic E-state index is 15.0. The summed E-state index contributed by atoms with van der Waals surface area (Å²) < 4.78 is 51.5. The first kappa shape index (κ1) is 23.7. The summed E-state index contributed by atoms with van der Waals surface area (Å²) in [5, 5.41) is 25.2. The molecule has 1 aromatic carbocycles. The van der Waals surface area contributed by atoms with Gasteiger partial charge in [0.1, 0.15) is 36.0 Å². The van der Waals surface area contributed by atoms with Crippen molar-refractivity contribution in [2.75, 3.05) is 6.61 Å². The van der Waals surface area contributed by atoms with E-state index in [0.717, 1.165) is 22.9 Å². The third kappa shape index (κ3) is 3.95. The number of ether oxygens (including phenoxy) is 1. The molecule has 0 radical (unpaired) electrons. The topological polar surface area (TPSA) is 125 Å². The second-order valence-corrected chi connectivity index (χ2v) is 10.9. The Labute approximate surface area is 208 Å². The molecule has 1 fully saturated rings. The van der Waals surface area contributed by atoms with E-state index in [0.29, 0.717) is 11.4 Å². The highest BCUT2D eigenvalue weighted by Gasteiger charge is 2.46. The molecule has 4 aromatic rings. The molecule has 2 aliphatic rings. The number of fused-ring (bicyclic) bond motifs is 2. The van der Waals surface area contributed by atoms with E-state index < -0.39 is 44.8 Å². The van der Waals surface area contributed by atoms with E-state index in [9.17, 15) is 14.8 Å². The van der Waals surface area contributed by atoms with Crippen LogP contribution in [0.3, 0.4) is 0 Å². The number of phosphoric ester groups is 1. The van der Waals surface area contributed by atoms with E-state index >= 15 is 4.39 Å². The first-order chi connectivity index (χ1) is 17.3. The van der Waals surface area contributed by atoms with Crippen molar-refractivity contribution in [2.24, 2.45) is 0 Å². The molecule has 13 heteroatoms. The summed E-state index contributed by atoms with van der Waals surface area (Å²) in [4.78, 5) is 8.41. The van der Waals surface area contributed by atoms with Gasteiger partial charge < -0.3 is 24.0 Å². The molecule has 2 aliphatic heterocycles. The molecule has 36 heavy (non-hydrogen) atoms. The number of aromatic nitrogens is 3. The average Bonchev–Trinajstić information content (AvgIpc) is 3.59. The Bertz CT molecular complexity index is 1480. The van der Waals surface area contributed by atoms with Gasteiger partial charge in [-0.2, -0.15) is 11.3 Å². The fourth-order valence-electron chi connectivity index (χ4n) is 4.42. The average molecular weight is 533 g/mol. The number of aliphatic hydroxyl groups excluding tert-OH is 2. The fraction of sp³-hybridized carbons (Fsp3) is 0.304. The van der Waals surface area contributed by atoms with Gasteiger partial charge in [0, 0.05) is 22.7 Å². The standard InChI is InChI=1S/C23H21FN3O7PS/c1-12-3-2-4-13-8-31-35(30,34-21(12)13)32-9-16-19(28)20(29)23(33-16)27-7-15(24)17-18(14-5-6-36-10-14)25-11-26-22(17)27/h2-7,10-11,16,19-20,23,28-29H,8-9H2,1H3/t16-,19-,20-,23-,35?/m1/s1. The van der Waals surface area contributed by atoms with Crippen LogP contribution in [0, 0.1) is 12.7 Å². The van der Waals surface area contributed by atoms with Crippen LogP contribution in [0.5, 0.6) is 5.75 Å². The molecular formula is C23H21FN3O7PS. The molecular weight excluding hydrogens is 512 g/mol. The molecule has 188 valence electrons. The molecule has 0 bridgehead atoms. The Hall–Kier alpha value is -2.70. The van der Waals surface area contributed by atoms with Crippen molar-refractivity contribution in [2.45, 2.75) is 38.1 Å². The lowest BCUT2D eigenvalue weighted by Gasteiger charge is -2.27. The molecule has 0 aliphatic carbocycles.